The van der Waals surface area contributed by atoms with E-state index in [1.807, 2.05) is 39.0 Å². The first-order valence-electron chi connectivity index (χ1n) is 8.83. The van der Waals surface area contributed by atoms with Crippen molar-refractivity contribution in [3.05, 3.63) is 47.3 Å². The van der Waals surface area contributed by atoms with Gasteiger partial charge in [-0.15, -0.1) is 10.2 Å². The van der Waals surface area contributed by atoms with E-state index in [0.717, 1.165) is 24.0 Å². The number of amides is 1. The molecule has 3 rings (SSSR count). The third-order valence-electron chi connectivity index (χ3n) is 4.17. The first kappa shape index (κ1) is 18.1. The first-order valence-corrected chi connectivity index (χ1v) is 8.83. The second kappa shape index (κ2) is 7.27. The monoisotopic (exact) mass is 355 g/mol. The fourth-order valence-corrected chi connectivity index (χ4v) is 3.02. The van der Waals surface area contributed by atoms with Crippen LogP contribution in [0.1, 0.15) is 45.0 Å². The highest BCUT2D eigenvalue weighted by molar-refractivity contribution is 5.79. The number of aryl methyl sites for hydroxylation is 1. The Morgan fingerprint density at radius 1 is 1.12 bits per heavy atom. The standard InChI is InChI=1S/C19H25N5O2/c1-19(2,3)26-18(25)24-12-10-15(11-13-24)16(14-8-6-5-7-9-14)17-20-22-23(4)21-17/h5-9H,10-13H2,1-4H3. The van der Waals surface area contributed by atoms with Crippen LogP contribution in [0.25, 0.3) is 5.57 Å². The molecule has 138 valence electrons. The molecule has 0 unspecified atom stereocenters. The summed E-state index contributed by atoms with van der Waals surface area (Å²) in [5.74, 6) is 0.624. The van der Waals surface area contributed by atoms with Gasteiger partial charge in [0.05, 0.1) is 7.05 Å². The molecule has 0 N–H and O–H groups in total. The van der Waals surface area contributed by atoms with Gasteiger partial charge < -0.3 is 9.64 Å². The van der Waals surface area contributed by atoms with Gasteiger partial charge in [-0.1, -0.05) is 35.9 Å². The van der Waals surface area contributed by atoms with E-state index in [1.165, 1.54) is 10.4 Å². The number of aromatic nitrogens is 4. The lowest BCUT2D eigenvalue weighted by Crippen LogP contribution is -2.40. The normalized spacial score (nSPS) is 15.1. The Balaban J connectivity index is 1.84. The van der Waals surface area contributed by atoms with Gasteiger partial charge in [0.2, 0.25) is 5.82 Å². The van der Waals surface area contributed by atoms with Crippen LogP contribution >= 0.6 is 0 Å². The minimum absolute atomic E-state index is 0.254. The van der Waals surface area contributed by atoms with Crippen LogP contribution < -0.4 is 0 Å². The lowest BCUT2D eigenvalue weighted by Gasteiger charge is -2.31. The number of hydrogen-bond acceptors (Lipinski definition) is 5. The number of carbonyl (C=O) groups excluding carboxylic acids is 1. The number of piperidine rings is 1. The number of tetrazole rings is 1. The van der Waals surface area contributed by atoms with Crippen molar-refractivity contribution in [1.29, 1.82) is 0 Å². The van der Waals surface area contributed by atoms with E-state index in [0.29, 0.717) is 18.9 Å². The van der Waals surface area contributed by atoms with Crippen LogP contribution in [0.15, 0.2) is 35.9 Å². The zero-order chi connectivity index (χ0) is 18.7. The van der Waals surface area contributed by atoms with E-state index in [-0.39, 0.29) is 6.09 Å². The van der Waals surface area contributed by atoms with Gasteiger partial charge >= 0.3 is 6.09 Å². The Hall–Kier alpha value is -2.70. The molecule has 0 radical (unpaired) electrons. The number of nitrogens with zero attached hydrogens (tertiary/aromatic N) is 5. The molecule has 7 heteroatoms. The third kappa shape index (κ3) is 4.28. The van der Waals surface area contributed by atoms with Gasteiger partial charge in [0.1, 0.15) is 5.60 Å². The van der Waals surface area contributed by atoms with Crippen LogP contribution in [0.3, 0.4) is 0 Å². The summed E-state index contributed by atoms with van der Waals surface area (Å²) in [4.78, 5) is 15.5. The van der Waals surface area contributed by atoms with Crippen LogP contribution in [0.5, 0.6) is 0 Å². The molecule has 0 saturated carbocycles. The Kier molecular flexibility index (Phi) is 5.06. The maximum Gasteiger partial charge on any atom is 0.410 e. The predicted octanol–water partition coefficient (Wildman–Crippen LogP) is 3.04. The van der Waals surface area contributed by atoms with E-state index >= 15 is 0 Å². The second-order valence-electron chi connectivity index (χ2n) is 7.41. The van der Waals surface area contributed by atoms with Gasteiger partial charge in [-0.2, -0.15) is 4.80 Å². The summed E-state index contributed by atoms with van der Waals surface area (Å²) in [7, 11) is 1.76. The van der Waals surface area contributed by atoms with E-state index in [9.17, 15) is 4.79 Å². The summed E-state index contributed by atoms with van der Waals surface area (Å²) in [6.07, 6.45) is 1.28. The van der Waals surface area contributed by atoms with Crippen molar-refractivity contribution in [2.75, 3.05) is 13.1 Å². The second-order valence-corrected chi connectivity index (χ2v) is 7.41. The van der Waals surface area contributed by atoms with Crippen molar-refractivity contribution in [2.45, 2.75) is 39.2 Å². The number of hydrogen-bond donors (Lipinski definition) is 0. The molecule has 1 fully saturated rings. The molecule has 1 aromatic carbocycles. The summed E-state index contributed by atoms with van der Waals surface area (Å²) >= 11 is 0. The van der Waals surface area contributed by atoms with Crippen molar-refractivity contribution in [3.63, 3.8) is 0 Å². The van der Waals surface area contributed by atoms with Crippen molar-refractivity contribution >= 4 is 11.7 Å². The van der Waals surface area contributed by atoms with Crippen LogP contribution in [-0.2, 0) is 11.8 Å². The molecule has 1 aliphatic heterocycles. The first-order chi connectivity index (χ1) is 12.3. The molecule has 7 nitrogen and oxygen atoms in total. The fraction of sp³-hybridized carbons (Fsp3) is 0.474. The van der Waals surface area contributed by atoms with Crippen molar-refractivity contribution in [1.82, 2.24) is 25.1 Å². The van der Waals surface area contributed by atoms with E-state index in [1.54, 1.807) is 11.9 Å². The molecule has 0 bridgehead atoms. The summed E-state index contributed by atoms with van der Waals surface area (Å²) in [5, 5.41) is 12.6. The maximum atomic E-state index is 12.3. The molecule has 1 saturated heterocycles. The zero-order valence-electron chi connectivity index (χ0n) is 15.8. The molecule has 0 aliphatic carbocycles. The van der Waals surface area contributed by atoms with E-state index in [4.69, 9.17) is 4.74 Å². The molecule has 1 aromatic heterocycles. The topological polar surface area (TPSA) is 73.1 Å². The molecule has 26 heavy (non-hydrogen) atoms. The number of carbonyl (C=O) groups is 1. The Bertz CT molecular complexity index is 795. The number of likely N-dealkylation sites (tertiary alicyclic amines) is 1. The quantitative estimate of drug-likeness (QED) is 0.828. The van der Waals surface area contributed by atoms with E-state index < -0.39 is 5.60 Å². The fourth-order valence-electron chi connectivity index (χ4n) is 3.02. The van der Waals surface area contributed by atoms with Crippen LogP contribution in [0, 0.1) is 0 Å². The van der Waals surface area contributed by atoms with Crippen molar-refractivity contribution < 1.29 is 9.53 Å². The van der Waals surface area contributed by atoms with Crippen LogP contribution in [-0.4, -0.2) is 49.9 Å². The van der Waals surface area contributed by atoms with Gasteiger partial charge in [-0.05, 0) is 44.4 Å². The minimum Gasteiger partial charge on any atom is -0.444 e. The number of ether oxygens (including phenoxy) is 1. The van der Waals surface area contributed by atoms with Gasteiger partial charge in [-0.25, -0.2) is 4.79 Å². The molecule has 2 aromatic rings. The Labute approximate surface area is 153 Å². The molecule has 1 aliphatic rings. The van der Waals surface area contributed by atoms with Crippen LogP contribution in [0.2, 0.25) is 0 Å². The minimum atomic E-state index is -0.480. The third-order valence-corrected chi connectivity index (χ3v) is 4.17. The molecule has 0 spiro atoms. The smallest absolute Gasteiger partial charge is 0.410 e. The highest BCUT2D eigenvalue weighted by atomic mass is 16.6. The van der Waals surface area contributed by atoms with Crippen LogP contribution in [0.4, 0.5) is 4.79 Å². The summed E-state index contributed by atoms with van der Waals surface area (Å²) in [6.45, 7) is 6.90. The number of rotatable bonds is 2. The lowest BCUT2D eigenvalue weighted by molar-refractivity contribution is 0.0236. The molecular formula is C19H25N5O2. The average molecular weight is 355 g/mol. The highest BCUT2D eigenvalue weighted by Gasteiger charge is 2.27. The van der Waals surface area contributed by atoms with Gasteiger partial charge in [0, 0.05) is 18.7 Å². The predicted molar refractivity (Wildman–Crippen MR) is 98.3 cm³/mol. The summed E-state index contributed by atoms with van der Waals surface area (Å²) in [6, 6.07) is 10.1. The summed E-state index contributed by atoms with van der Waals surface area (Å²) in [5.41, 5.74) is 2.85. The Morgan fingerprint density at radius 2 is 1.77 bits per heavy atom. The van der Waals surface area contributed by atoms with Gasteiger partial charge in [-0.3, -0.25) is 0 Å². The van der Waals surface area contributed by atoms with Crippen molar-refractivity contribution in [3.8, 4) is 0 Å². The maximum absolute atomic E-state index is 12.3. The number of benzene rings is 1. The lowest BCUT2D eigenvalue weighted by atomic mass is 9.93. The molecule has 1 amide bonds. The van der Waals surface area contributed by atoms with Crippen molar-refractivity contribution in [2.24, 2.45) is 7.05 Å². The largest absolute Gasteiger partial charge is 0.444 e. The molecular weight excluding hydrogens is 330 g/mol. The van der Waals surface area contributed by atoms with Gasteiger partial charge in [0.25, 0.3) is 0 Å². The highest BCUT2D eigenvalue weighted by Crippen LogP contribution is 2.30. The molecule has 2 heterocycles. The molecule has 0 atom stereocenters. The Morgan fingerprint density at radius 3 is 2.31 bits per heavy atom. The SMILES string of the molecule is Cn1nnc(C(=C2CCN(C(=O)OC(C)(C)C)CC2)c2ccccc2)n1. The zero-order valence-corrected chi connectivity index (χ0v) is 15.8. The average Bonchev–Trinajstić information content (AvgIpc) is 3.01. The van der Waals surface area contributed by atoms with E-state index in [2.05, 4.69) is 27.5 Å². The van der Waals surface area contributed by atoms with Gasteiger partial charge in [0.15, 0.2) is 0 Å². The summed E-state index contributed by atoms with van der Waals surface area (Å²) < 4.78 is 5.48.